The minimum atomic E-state index is -0.0930. The smallest absolute Gasteiger partial charge is 0.260 e. The summed E-state index contributed by atoms with van der Waals surface area (Å²) in [4.78, 5) is 25.0. The number of furan rings is 1. The highest BCUT2D eigenvalue weighted by atomic mass is 32.1. The van der Waals surface area contributed by atoms with E-state index in [0.717, 1.165) is 29.2 Å². The molecule has 0 unspecified atom stereocenters. The molecule has 1 fully saturated rings. The largest absolute Gasteiger partial charge is 0.464 e. The molecule has 1 aliphatic heterocycles. The lowest BCUT2D eigenvalue weighted by Gasteiger charge is -2.22. The fourth-order valence-corrected chi connectivity index (χ4v) is 5.53. The van der Waals surface area contributed by atoms with Crippen LogP contribution in [0.25, 0.3) is 21.5 Å². The molecule has 0 spiro atoms. The molecule has 4 aromatic rings. The minimum absolute atomic E-state index is 0.0930. The number of aromatic amines is 1. The van der Waals surface area contributed by atoms with Crippen LogP contribution in [0.4, 0.5) is 0 Å². The number of rotatable bonds is 4. The zero-order valence-electron chi connectivity index (χ0n) is 14.0. The Morgan fingerprint density at radius 2 is 2.27 bits per heavy atom. The summed E-state index contributed by atoms with van der Waals surface area (Å²) in [5.74, 6) is 1.44. The van der Waals surface area contributed by atoms with Gasteiger partial charge in [-0.05, 0) is 43.0 Å². The molecule has 1 N–H and O–H groups in total. The first-order chi connectivity index (χ1) is 12.8. The number of H-pyrrole nitrogens is 1. The summed E-state index contributed by atoms with van der Waals surface area (Å²) in [7, 11) is 0. The monoisotopic (exact) mass is 383 g/mol. The van der Waals surface area contributed by atoms with Gasteiger partial charge in [-0.2, -0.15) is 0 Å². The number of nitrogens with zero attached hydrogens (tertiary/aromatic N) is 2. The van der Waals surface area contributed by atoms with Crippen LogP contribution in [-0.2, 0) is 6.54 Å². The maximum absolute atomic E-state index is 12.7. The molecule has 1 aliphatic rings. The molecule has 1 atom stereocenters. The molecule has 5 rings (SSSR count). The Balaban J connectivity index is 1.48. The van der Waals surface area contributed by atoms with Gasteiger partial charge in [-0.25, -0.2) is 4.98 Å². The number of hydrogen-bond donors (Lipinski definition) is 1. The van der Waals surface area contributed by atoms with Gasteiger partial charge in [0.05, 0.1) is 18.2 Å². The van der Waals surface area contributed by atoms with Crippen LogP contribution in [0.1, 0.15) is 29.6 Å². The third-order valence-corrected chi connectivity index (χ3v) is 6.71. The zero-order chi connectivity index (χ0) is 17.5. The molecule has 4 aromatic heterocycles. The second-order valence-corrected chi connectivity index (χ2v) is 8.30. The SMILES string of the molecule is O=c1[nH]c(CN2CCC[C@H]2c2cccs2)nc2scc(-c3ccco3)c12. The molecule has 1 saturated heterocycles. The topological polar surface area (TPSA) is 62.1 Å². The van der Waals surface area contributed by atoms with E-state index in [-0.39, 0.29) is 5.56 Å². The summed E-state index contributed by atoms with van der Waals surface area (Å²) >= 11 is 3.29. The highest BCUT2D eigenvalue weighted by Crippen LogP contribution is 2.35. The van der Waals surface area contributed by atoms with Gasteiger partial charge >= 0.3 is 0 Å². The summed E-state index contributed by atoms with van der Waals surface area (Å²) in [6, 6.07) is 8.42. The lowest BCUT2D eigenvalue weighted by molar-refractivity contribution is 0.245. The second-order valence-electron chi connectivity index (χ2n) is 6.46. The molecule has 0 saturated carbocycles. The van der Waals surface area contributed by atoms with E-state index in [9.17, 15) is 4.79 Å². The summed E-state index contributed by atoms with van der Waals surface area (Å²) in [5, 5.41) is 4.68. The molecule has 0 aliphatic carbocycles. The number of fused-ring (bicyclic) bond motifs is 1. The quantitative estimate of drug-likeness (QED) is 0.557. The molecule has 26 heavy (non-hydrogen) atoms. The molecule has 0 bridgehead atoms. The van der Waals surface area contributed by atoms with Crippen molar-refractivity contribution in [2.24, 2.45) is 0 Å². The molecular formula is C19H17N3O2S2. The third-order valence-electron chi connectivity index (χ3n) is 4.87. The van der Waals surface area contributed by atoms with E-state index >= 15 is 0 Å². The van der Waals surface area contributed by atoms with E-state index < -0.39 is 0 Å². The predicted octanol–water partition coefficient (Wildman–Crippen LogP) is 4.64. The summed E-state index contributed by atoms with van der Waals surface area (Å²) in [6.07, 6.45) is 3.96. The van der Waals surface area contributed by atoms with Crippen LogP contribution >= 0.6 is 22.7 Å². The van der Waals surface area contributed by atoms with Gasteiger partial charge in [0.1, 0.15) is 16.4 Å². The number of aromatic nitrogens is 2. The Bertz CT molecular complexity index is 1080. The Morgan fingerprint density at radius 1 is 1.31 bits per heavy atom. The minimum Gasteiger partial charge on any atom is -0.464 e. The number of nitrogens with one attached hydrogen (secondary N) is 1. The van der Waals surface area contributed by atoms with Gasteiger partial charge in [-0.15, -0.1) is 22.7 Å². The number of thiophene rings is 2. The van der Waals surface area contributed by atoms with Crippen LogP contribution in [0.15, 0.2) is 50.5 Å². The maximum atomic E-state index is 12.7. The van der Waals surface area contributed by atoms with Crippen molar-refractivity contribution in [3.05, 3.63) is 62.3 Å². The average Bonchev–Trinajstić information content (AvgIpc) is 3.41. The van der Waals surface area contributed by atoms with Crippen molar-refractivity contribution in [1.82, 2.24) is 14.9 Å². The number of hydrogen-bond acceptors (Lipinski definition) is 6. The Labute approximate surface area is 157 Å². The fraction of sp³-hybridized carbons (Fsp3) is 0.263. The van der Waals surface area contributed by atoms with Crippen molar-refractivity contribution in [1.29, 1.82) is 0 Å². The van der Waals surface area contributed by atoms with Gasteiger partial charge in [0, 0.05) is 21.9 Å². The Hall–Kier alpha value is -2.22. The Morgan fingerprint density at radius 3 is 3.08 bits per heavy atom. The van der Waals surface area contributed by atoms with E-state index in [1.165, 1.54) is 22.6 Å². The van der Waals surface area contributed by atoms with Crippen molar-refractivity contribution >= 4 is 32.9 Å². The molecule has 0 radical (unpaired) electrons. The highest BCUT2D eigenvalue weighted by Gasteiger charge is 2.27. The van der Waals surface area contributed by atoms with Crippen LogP contribution in [0.2, 0.25) is 0 Å². The summed E-state index contributed by atoms with van der Waals surface area (Å²) in [6.45, 7) is 1.70. The normalized spacial score (nSPS) is 18.1. The van der Waals surface area contributed by atoms with Gasteiger partial charge in [0.15, 0.2) is 0 Å². The van der Waals surface area contributed by atoms with Crippen LogP contribution < -0.4 is 5.56 Å². The van der Waals surface area contributed by atoms with E-state index in [1.807, 2.05) is 17.5 Å². The predicted molar refractivity (Wildman–Crippen MR) is 105 cm³/mol. The molecule has 0 aromatic carbocycles. The first kappa shape index (κ1) is 16.0. The van der Waals surface area contributed by atoms with Crippen LogP contribution in [0, 0.1) is 0 Å². The van der Waals surface area contributed by atoms with Gasteiger partial charge in [-0.1, -0.05) is 6.07 Å². The van der Waals surface area contributed by atoms with Crippen molar-refractivity contribution in [3.63, 3.8) is 0 Å². The molecular weight excluding hydrogens is 366 g/mol. The van der Waals surface area contributed by atoms with E-state index in [1.54, 1.807) is 17.6 Å². The standard InChI is InChI=1S/C19H17N3O2S2/c23-18-17-12(14-5-2-8-24-14)11-26-19(17)21-16(20-18)10-22-7-1-4-13(22)15-6-3-9-25-15/h2-3,5-6,8-9,11,13H,1,4,7,10H2,(H,20,21,23)/t13-/m0/s1. The van der Waals surface area contributed by atoms with Gasteiger partial charge in [0.25, 0.3) is 5.56 Å². The van der Waals surface area contributed by atoms with Gasteiger partial charge in [0.2, 0.25) is 0 Å². The average molecular weight is 383 g/mol. The van der Waals surface area contributed by atoms with Gasteiger partial charge < -0.3 is 9.40 Å². The van der Waals surface area contributed by atoms with Crippen molar-refractivity contribution in [3.8, 4) is 11.3 Å². The van der Waals surface area contributed by atoms with Crippen molar-refractivity contribution < 1.29 is 4.42 Å². The highest BCUT2D eigenvalue weighted by molar-refractivity contribution is 7.17. The second kappa shape index (κ2) is 6.50. The summed E-state index contributed by atoms with van der Waals surface area (Å²) < 4.78 is 5.45. The third kappa shape index (κ3) is 2.72. The molecule has 7 heteroatoms. The van der Waals surface area contributed by atoms with E-state index in [2.05, 4.69) is 27.4 Å². The lowest BCUT2D eigenvalue weighted by atomic mass is 10.2. The van der Waals surface area contributed by atoms with Crippen LogP contribution in [0.5, 0.6) is 0 Å². The van der Waals surface area contributed by atoms with Crippen molar-refractivity contribution in [2.75, 3.05) is 6.54 Å². The molecule has 132 valence electrons. The van der Waals surface area contributed by atoms with E-state index in [4.69, 9.17) is 9.40 Å². The molecule has 0 amide bonds. The van der Waals surface area contributed by atoms with Crippen LogP contribution in [-0.4, -0.2) is 21.4 Å². The first-order valence-corrected chi connectivity index (χ1v) is 10.4. The summed E-state index contributed by atoms with van der Waals surface area (Å²) in [5.41, 5.74) is 0.720. The molecule has 5 heterocycles. The Kier molecular flexibility index (Phi) is 4.00. The zero-order valence-corrected chi connectivity index (χ0v) is 15.6. The maximum Gasteiger partial charge on any atom is 0.260 e. The first-order valence-electron chi connectivity index (χ1n) is 8.61. The lowest BCUT2D eigenvalue weighted by Crippen LogP contribution is -2.25. The number of likely N-dealkylation sites (tertiary alicyclic amines) is 1. The molecule has 5 nitrogen and oxygen atoms in total. The van der Waals surface area contributed by atoms with Crippen molar-refractivity contribution in [2.45, 2.75) is 25.4 Å². The van der Waals surface area contributed by atoms with Gasteiger partial charge in [-0.3, -0.25) is 9.69 Å². The van der Waals surface area contributed by atoms with E-state index in [0.29, 0.717) is 23.7 Å². The van der Waals surface area contributed by atoms with Crippen LogP contribution in [0.3, 0.4) is 0 Å². The fourth-order valence-electron chi connectivity index (χ4n) is 3.69.